The third-order valence-corrected chi connectivity index (χ3v) is 7.13. The molecule has 1 aliphatic rings. The third kappa shape index (κ3) is 5.45. The van der Waals surface area contributed by atoms with Crippen molar-refractivity contribution in [3.8, 4) is 11.5 Å². The van der Waals surface area contributed by atoms with Crippen molar-refractivity contribution in [1.29, 1.82) is 0 Å². The Morgan fingerprint density at radius 3 is 2.62 bits per heavy atom. The number of hydrogen-bond acceptors (Lipinski definition) is 9. The molecule has 2 aromatic heterocycles. The van der Waals surface area contributed by atoms with Gasteiger partial charge in [0.15, 0.2) is 11.5 Å². The number of hydrogen-bond donors (Lipinski definition) is 2. The molecule has 0 saturated carbocycles. The Morgan fingerprint density at radius 2 is 1.80 bits per heavy atom. The van der Waals surface area contributed by atoms with Gasteiger partial charge in [0.25, 0.3) is 5.56 Å². The second-order valence-electron chi connectivity index (χ2n) is 8.76. The van der Waals surface area contributed by atoms with Gasteiger partial charge < -0.3 is 24.8 Å². The van der Waals surface area contributed by atoms with Crippen molar-refractivity contribution >= 4 is 45.0 Å². The fraction of sp³-hybridized carbons (Fsp3) is 0.222. The van der Waals surface area contributed by atoms with Gasteiger partial charge in [-0.2, -0.15) is 0 Å². The summed E-state index contributed by atoms with van der Waals surface area (Å²) in [7, 11) is 1.23. The monoisotopic (exact) mass is 564 g/mol. The van der Waals surface area contributed by atoms with E-state index in [1.807, 2.05) is 0 Å². The zero-order valence-corrected chi connectivity index (χ0v) is 22.1. The topological polar surface area (TPSA) is 147 Å². The first-order chi connectivity index (χ1) is 19.4. The average molecular weight is 565 g/mol. The lowest BCUT2D eigenvalue weighted by Gasteiger charge is -2.13. The van der Waals surface area contributed by atoms with Crippen molar-refractivity contribution in [3.05, 3.63) is 85.9 Å². The number of carbonyl (C=O) groups excluding carboxylic acids is 3. The number of thiophene rings is 1. The van der Waals surface area contributed by atoms with E-state index in [0.29, 0.717) is 17.0 Å². The molecule has 206 valence electrons. The number of carbonyl (C=O) groups is 3. The van der Waals surface area contributed by atoms with Crippen LogP contribution in [0.4, 0.5) is 5.69 Å². The first kappa shape index (κ1) is 26.7. The van der Waals surface area contributed by atoms with E-state index in [9.17, 15) is 24.0 Å². The lowest BCUT2D eigenvalue weighted by atomic mass is 10.2. The van der Waals surface area contributed by atoms with Crippen LogP contribution in [0.2, 0.25) is 0 Å². The summed E-state index contributed by atoms with van der Waals surface area (Å²) >= 11 is 1.13. The molecule has 2 amide bonds. The number of anilines is 1. The van der Waals surface area contributed by atoms with Crippen LogP contribution in [0.3, 0.4) is 0 Å². The number of esters is 1. The van der Waals surface area contributed by atoms with Crippen LogP contribution in [-0.2, 0) is 34.0 Å². The Morgan fingerprint density at radius 1 is 1.00 bits per heavy atom. The fourth-order valence-corrected chi connectivity index (χ4v) is 5.09. The van der Waals surface area contributed by atoms with Crippen LogP contribution in [-0.4, -0.2) is 40.8 Å². The maximum Gasteiger partial charge on any atom is 0.339 e. The highest BCUT2D eigenvalue weighted by Gasteiger charge is 2.19. The van der Waals surface area contributed by atoms with Gasteiger partial charge in [0.2, 0.25) is 18.6 Å². The van der Waals surface area contributed by atoms with Crippen molar-refractivity contribution < 1.29 is 28.6 Å². The van der Waals surface area contributed by atoms with Gasteiger partial charge in [0, 0.05) is 19.5 Å². The van der Waals surface area contributed by atoms with E-state index in [0.717, 1.165) is 21.5 Å². The lowest BCUT2D eigenvalue weighted by molar-refractivity contribution is -0.121. The molecule has 0 fully saturated rings. The van der Waals surface area contributed by atoms with Crippen LogP contribution in [0.25, 0.3) is 10.2 Å². The van der Waals surface area contributed by atoms with Crippen molar-refractivity contribution in [2.45, 2.75) is 26.1 Å². The summed E-state index contributed by atoms with van der Waals surface area (Å²) in [6, 6.07) is 13.2. The molecule has 0 atom stereocenters. The molecule has 3 heterocycles. The van der Waals surface area contributed by atoms with Crippen LogP contribution in [0, 0.1) is 0 Å². The molecule has 0 aliphatic carbocycles. The van der Waals surface area contributed by atoms with Crippen molar-refractivity contribution in [2.75, 3.05) is 19.2 Å². The quantitative estimate of drug-likeness (QED) is 0.294. The van der Waals surface area contributed by atoms with E-state index in [-0.39, 0.29) is 48.2 Å². The molecule has 12 nitrogen and oxygen atoms in total. The van der Waals surface area contributed by atoms with E-state index in [2.05, 4.69) is 10.6 Å². The maximum absolute atomic E-state index is 13.3. The zero-order chi connectivity index (χ0) is 28.2. The van der Waals surface area contributed by atoms with E-state index >= 15 is 0 Å². The van der Waals surface area contributed by atoms with Gasteiger partial charge in [-0.25, -0.2) is 9.59 Å². The van der Waals surface area contributed by atoms with E-state index in [1.54, 1.807) is 41.8 Å². The summed E-state index contributed by atoms with van der Waals surface area (Å²) in [5, 5.41) is 7.04. The largest absolute Gasteiger partial charge is 0.465 e. The Hall–Kier alpha value is -4.91. The standard InChI is InChI=1S/C27H24N4O8S/c1-37-26(35)17-4-2-3-5-18(17)29-23(33)14-31-19-9-11-40-24(19)25(34)30(27(31)36)10-8-22(32)28-13-16-6-7-20-21(12-16)39-15-38-20/h2-7,9,11-12H,8,10,13-15H2,1H3,(H,28,32)(H,29,33). The fourth-order valence-electron chi connectivity index (χ4n) is 4.25. The molecule has 4 aromatic rings. The van der Waals surface area contributed by atoms with Crippen LogP contribution < -0.4 is 31.4 Å². The maximum atomic E-state index is 13.3. The second kappa shape index (κ2) is 11.5. The summed E-state index contributed by atoms with van der Waals surface area (Å²) in [6.45, 7) is -0.219. The first-order valence-electron chi connectivity index (χ1n) is 12.2. The van der Waals surface area contributed by atoms with Crippen LogP contribution in [0.5, 0.6) is 11.5 Å². The summed E-state index contributed by atoms with van der Waals surface area (Å²) in [6.07, 6.45) is -0.130. The number of nitrogens with one attached hydrogen (secondary N) is 2. The molecular weight excluding hydrogens is 540 g/mol. The van der Waals surface area contributed by atoms with Crippen LogP contribution >= 0.6 is 11.3 Å². The average Bonchev–Trinajstić information content (AvgIpc) is 3.64. The van der Waals surface area contributed by atoms with Gasteiger partial charge in [-0.3, -0.25) is 23.5 Å². The Bertz CT molecular complexity index is 1740. The van der Waals surface area contributed by atoms with Crippen molar-refractivity contribution in [1.82, 2.24) is 14.5 Å². The molecule has 5 rings (SSSR count). The molecule has 0 unspecified atom stereocenters. The van der Waals surface area contributed by atoms with Crippen molar-refractivity contribution in [3.63, 3.8) is 0 Å². The van der Waals surface area contributed by atoms with Gasteiger partial charge in [-0.15, -0.1) is 11.3 Å². The third-order valence-electron chi connectivity index (χ3n) is 6.23. The number of ether oxygens (including phenoxy) is 3. The second-order valence-corrected chi connectivity index (χ2v) is 9.68. The summed E-state index contributed by atoms with van der Waals surface area (Å²) in [5.74, 6) is -0.341. The number of aromatic nitrogens is 2. The zero-order valence-electron chi connectivity index (χ0n) is 21.3. The SMILES string of the molecule is COC(=O)c1ccccc1NC(=O)Cn1c(=O)n(CCC(=O)NCc2ccc3c(c2)OCO3)c(=O)c2sccc21. The Balaban J connectivity index is 1.30. The minimum absolute atomic E-state index is 0.130. The van der Waals surface area contributed by atoms with E-state index < -0.39 is 29.7 Å². The molecule has 0 saturated heterocycles. The molecule has 40 heavy (non-hydrogen) atoms. The van der Waals surface area contributed by atoms with Crippen LogP contribution in [0.1, 0.15) is 22.3 Å². The molecule has 13 heteroatoms. The normalized spacial score (nSPS) is 11.8. The van der Waals surface area contributed by atoms with E-state index in [1.165, 1.54) is 23.8 Å². The highest BCUT2D eigenvalue weighted by Crippen LogP contribution is 2.32. The summed E-state index contributed by atoms with van der Waals surface area (Å²) in [4.78, 5) is 63.9. The minimum Gasteiger partial charge on any atom is -0.465 e. The van der Waals surface area contributed by atoms with E-state index in [4.69, 9.17) is 14.2 Å². The molecule has 0 radical (unpaired) electrons. The van der Waals surface area contributed by atoms with Crippen molar-refractivity contribution in [2.24, 2.45) is 0 Å². The number of fused-ring (bicyclic) bond motifs is 2. The molecule has 1 aliphatic heterocycles. The van der Waals surface area contributed by atoms with Gasteiger partial charge in [-0.1, -0.05) is 18.2 Å². The summed E-state index contributed by atoms with van der Waals surface area (Å²) in [5.41, 5.74) is 0.225. The number of rotatable bonds is 9. The van der Waals surface area contributed by atoms with Crippen LogP contribution in [0.15, 0.2) is 63.5 Å². The molecule has 0 spiro atoms. The minimum atomic E-state index is -0.726. The number of para-hydroxylation sites is 1. The highest BCUT2D eigenvalue weighted by molar-refractivity contribution is 7.17. The number of nitrogens with zero attached hydrogens (tertiary/aromatic N) is 2. The Labute approximate surface area is 230 Å². The predicted molar refractivity (Wildman–Crippen MR) is 146 cm³/mol. The number of amides is 2. The molecular formula is C27H24N4O8S. The predicted octanol–water partition coefficient (Wildman–Crippen LogP) is 2.09. The Kier molecular flexibility index (Phi) is 7.64. The smallest absolute Gasteiger partial charge is 0.339 e. The number of benzene rings is 2. The van der Waals surface area contributed by atoms with Gasteiger partial charge in [-0.05, 0) is 41.3 Å². The lowest BCUT2D eigenvalue weighted by Crippen LogP contribution is -2.42. The number of methoxy groups -OCH3 is 1. The van der Waals surface area contributed by atoms with Gasteiger partial charge in [0.05, 0.1) is 23.9 Å². The molecule has 0 bridgehead atoms. The molecule has 2 aromatic carbocycles. The van der Waals surface area contributed by atoms with Gasteiger partial charge >= 0.3 is 11.7 Å². The first-order valence-corrected chi connectivity index (χ1v) is 13.1. The molecule has 2 N–H and O–H groups in total. The summed E-state index contributed by atoms with van der Waals surface area (Å²) < 4.78 is 17.8. The highest BCUT2D eigenvalue weighted by atomic mass is 32.1. The van der Waals surface area contributed by atoms with Gasteiger partial charge in [0.1, 0.15) is 11.2 Å².